The highest BCUT2D eigenvalue weighted by atomic mass is 35.5. The topological polar surface area (TPSA) is 84.0 Å². The molecular formula is C24H25ClN4O2S. The Hall–Kier alpha value is -2.90. The van der Waals surface area contributed by atoms with E-state index in [9.17, 15) is 9.59 Å². The van der Waals surface area contributed by atoms with Gasteiger partial charge in [0.25, 0.3) is 5.91 Å². The molecule has 166 valence electrons. The van der Waals surface area contributed by atoms with Gasteiger partial charge in [0.1, 0.15) is 6.04 Å². The summed E-state index contributed by atoms with van der Waals surface area (Å²) in [5.74, 6) is -0.00287. The molecule has 0 aliphatic rings. The molecule has 0 aliphatic carbocycles. The Morgan fingerprint density at radius 3 is 2.53 bits per heavy atom. The van der Waals surface area contributed by atoms with Crippen molar-refractivity contribution in [3.63, 3.8) is 0 Å². The second-order valence-corrected chi connectivity index (χ2v) is 8.69. The number of aryl methyl sites for hydroxylation is 1. The van der Waals surface area contributed by atoms with Crippen LogP contribution in [0.5, 0.6) is 0 Å². The maximum atomic E-state index is 13.1. The number of benzene rings is 2. The number of carbonyl (C=O) groups is 2. The first-order valence-corrected chi connectivity index (χ1v) is 11.7. The Bertz CT molecular complexity index is 1080. The number of aromatic nitrogens is 2. The van der Waals surface area contributed by atoms with Crippen LogP contribution in [0.2, 0.25) is 5.02 Å². The van der Waals surface area contributed by atoms with Crippen molar-refractivity contribution in [1.29, 1.82) is 0 Å². The van der Waals surface area contributed by atoms with E-state index in [1.165, 1.54) is 18.0 Å². The smallest absolute Gasteiger partial charge is 0.272 e. The van der Waals surface area contributed by atoms with Crippen LogP contribution in [0.3, 0.4) is 0 Å². The molecule has 6 nitrogen and oxygen atoms in total. The first-order chi connectivity index (χ1) is 15.5. The van der Waals surface area contributed by atoms with E-state index in [1.807, 2.05) is 61.5 Å². The van der Waals surface area contributed by atoms with E-state index in [0.717, 1.165) is 23.3 Å². The first kappa shape index (κ1) is 23.8. The molecule has 0 radical (unpaired) electrons. The molecule has 0 saturated heterocycles. The number of hydrogen-bond donors (Lipinski definition) is 2. The van der Waals surface area contributed by atoms with E-state index >= 15 is 0 Å². The van der Waals surface area contributed by atoms with Crippen LogP contribution in [-0.4, -0.2) is 33.6 Å². The number of nitrogens with one attached hydrogen (secondary N) is 2. The van der Waals surface area contributed by atoms with Gasteiger partial charge >= 0.3 is 0 Å². The van der Waals surface area contributed by atoms with Gasteiger partial charge in [-0.1, -0.05) is 78.8 Å². The lowest BCUT2D eigenvalue weighted by molar-refractivity contribution is -0.118. The lowest BCUT2D eigenvalue weighted by atomic mass is 10.0. The summed E-state index contributed by atoms with van der Waals surface area (Å²) in [7, 11) is 0. The first-order valence-electron chi connectivity index (χ1n) is 10.3. The molecule has 0 fully saturated rings. The Balaban J connectivity index is 1.82. The van der Waals surface area contributed by atoms with Crippen LogP contribution in [0.4, 0.5) is 5.69 Å². The Morgan fingerprint density at radius 1 is 1.09 bits per heavy atom. The van der Waals surface area contributed by atoms with Crippen molar-refractivity contribution in [1.82, 2.24) is 15.3 Å². The van der Waals surface area contributed by atoms with Gasteiger partial charge in [-0.25, -0.2) is 9.97 Å². The van der Waals surface area contributed by atoms with Gasteiger partial charge in [0.2, 0.25) is 5.91 Å². The third kappa shape index (κ3) is 6.55. The summed E-state index contributed by atoms with van der Waals surface area (Å²) in [6.45, 7) is 3.97. The van der Waals surface area contributed by atoms with Gasteiger partial charge < -0.3 is 10.6 Å². The van der Waals surface area contributed by atoms with Crippen LogP contribution in [0.25, 0.3) is 0 Å². The molecule has 0 saturated carbocycles. The number of carbonyl (C=O) groups excluding carboxylic acids is 2. The fourth-order valence-electron chi connectivity index (χ4n) is 2.99. The fraction of sp³-hybridized carbons (Fsp3) is 0.250. The number of hydrogen-bond acceptors (Lipinski definition) is 5. The number of para-hydroxylation sites is 1. The highest BCUT2D eigenvalue weighted by molar-refractivity contribution is 7.99. The van der Waals surface area contributed by atoms with Gasteiger partial charge in [-0.2, -0.15) is 0 Å². The van der Waals surface area contributed by atoms with Crippen molar-refractivity contribution in [2.45, 2.75) is 37.9 Å². The minimum absolute atomic E-state index is 0.0574. The Kier molecular flexibility index (Phi) is 8.64. The molecule has 8 heteroatoms. The Morgan fingerprint density at radius 2 is 1.81 bits per heavy atom. The number of rotatable bonds is 9. The highest BCUT2D eigenvalue weighted by Crippen LogP contribution is 2.20. The van der Waals surface area contributed by atoms with Crippen molar-refractivity contribution >= 4 is 40.9 Å². The van der Waals surface area contributed by atoms with Crippen LogP contribution in [-0.2, 0) is 11.2 Å². The van der Waals surface area contributed by atoms with E-state index in [4.69, 9.17) is 11.6 Å². The Labute approximate surface area is 197 Å². The van der Waals surface area contributed by atoms with Gasteiger partial charge in [0.05, 0.1) is 11.2 Å². The summed E-state index contributed by atoms with van der Waals surface area (Å²) in [6.07, 6.45) is 2.70. The summed E-state index contributed by atoms with van der Waals surface area (Å²) in [4.78, 5) is 34.6. The SMILES string of the molecule is CCCSc1ncc(Cl)c(C(=O)N[C@@H](Cc2ccccc2)C(=O)Nc2ccccc2C)n1. The highest BCUT2D eigenvalue weighted by Gasteiger charge is 2.25. The van der Waals surface area contributed by atoms with Crippen LogP contribution in [0.1, 0.15) is 35.0 Å². The standard InChI is InChI=1S/C24H25ClN4O2S/c1-3-13-32-24-26-15-18(25)21(29-24)23(31)28-20(14-17-10-5-4-6-11-17)22(30)27-19-12-8-7-9-16(19)2/h4-12,15,20H,3,13-14H2,1-2H3,(H,27,30)(H,28,31)/t20-/m0/s1. The maximum Gasteiger partial charge on any atom is 0.272 e. The molecule has 3 rings (SSSR count). The van der Waals surface area contributed by atoms with Crippen molar-refractivity contribution in [3.05, 3.63) is 82.6 Å². The van der Waals surface area contributed by atoms with E-state index < -0.39 is 11.9 Å². The predicted molar refractivity (Wildman–Crippen MR) is 129 cm³/mol. The largest absolute Gasteiger partial charge is 0.338 e. The second-order valence-electron chi connectivity index (χ2n) is 7.22. The molecule has 1 atom stereocenters. The quantitative estimate of drug-likeness (QED) is 0.344. The summed E-state index contributed by atoms with van der Waals surface area (Å²) in [5, 5.41) is 6.35. The normalized spacial score (nSPS) is 11.6. The zero-order valence-corrected chi connectivity index (χ0v) is 19.5. The second kappa shape index (κ2) is 11.6. The molecule has 1 aromatic heterocycles. The van der Waals surface area contributed by atoms with Crippen molar-refractivity contribution < 1.29 is 9.59 Å². The lowest BCUT2D eigenvalue weighted by Crippen LogP contribution is -2.45. The predicted octanol–water partition coefficient (Wildman–Crippen LogP) is 4.92. The van der Waals surface area contributed by atoms with Gasteiger partial charge in [0, 0.05) is 17.9 Å². The molecule has 2 aromatic carbocycles. The zero-order valence-electron chi connectivity index (χ0n) is 18.0. The van der Waals surface area contributed by atoms with E-state index in [0.29, 0.717) is 17.3 Å². The average molecular weight is 469 g/mol. The van der Waals surface area contributed by atoms with Crippen LogP contribution >= 0.6 is 23.4 Å². The van der Waals surface area contributed by atoms with Crippen molar-refractivity contribution in [2.24, 2.45) is 0 Å². The molecule has 2 N–H and O–H groups in total. The summed E-state index contributed by atoms with van der Waals surface area (Å²) < 4.78 is 0. The molecular weight excluding hydrogens is 444 g/mol. The molecule has 1 heterocycles. The minimum Gasteiger partial charge on any atom is -0.338 e. The molecule has 0 unspecified atom stereocenters. The van der Waals surface area contributed by atoms with E-state index in [2.05, 4.69) is 27.5 Å². The van der Waals surface area contributed by atoms with Gasteiger partial charge in [-0.05, 0) is 30.5 Å². The molecule has 32 heavy (non-hydrogen) atoms. The molecule has 2 amide bonds. The maximum absolute atomic E-state index is 13.1. The number of thioether (sulfide) groups is 1. The third-order valence-corrected chi connectivity index (χ3v) is 6.02. The van der Waals surface area contributed by atoms with Crippen LogP contribution < -0.4 is 10.6 Å². The van der Waals surface area contributed by atoms with E-state index in [-0.39, 0.29) is 16.6 Å². The van der Waals surface area contributed by atoms with Crippen molar-refractivity contribution in [2.75, 3.05) is 11.1 Å². The zero-order chi connectivity index (χ0) is 22.9. The summed E-state index contributed by atoms with van der Waals surface area (Å²) >= 11 is 7.65. The summed E-state index contributed by atoms with van der Waals surface area (Å²) in [6, 6.07) is 16.2. The summed E-state index contributed by atoms with van der Waals surface area (Å²) in [5.41, 5.74) is 2.61. The number of anilines is 1. The monoisotopic (exact) mass is 468 g/mol. The molecule has 0 spiro atoms. The number of amides is 2. The minimum atomic E-state index is -0.817. The molecule has 3 aromatic rings. The van der Waals surface area contributed by atoms with Crippen LogP contribution in [0, 0.1) is 6.92 Å². The number of nitrogens with zero attached hydrogens (tertiary/aromatic N) is 2. The average Bonchev–Trinajstić information content (AvgIpc) is 2.80. The number of halogens is 1. The van der Waals surface area contributed by atoms with Gasteiger partial charge in [0.15, 0.2) is 10.9 Å². The third-order valence-electron chi connectivity index (χ3n) is 4.68. The van der Waals surface area contributed by atoms with Crippen LogP contribution in [0.15, 0.2) is 66.0 Å². The molecule has 0 aliphatic heterocycles. The van der Waals surface area contributed by atoms with Gasteiger partial charge in [-0.15, -0.1) is 0 Å². The van der Waals surface area contributed by atoms with Crippen molar-refractivity contribution in [3.8, 4) is 0 Å². The van der Waals surface area contributed by atoms with Gasteiger partial charge in [-0.3, -0.25) is 9.59 Å². The molecule has 0 bridgehead atoms. The lowest BCUT2D eigenvalue weighted by Gasteiger charge is -2.19. The fourth-order valence-corrected chi connectivity index (χ4v) is 3.84. The van der Waals surface area contributed by atoms with E-state index in [1.54, 1.807) is 0 Å².